The number of hydrogen-bond donors (Lipinski definition) is 1. The van der Waals surface area contributed by atoms with Crippen LogP contribution < -0.4 is 5.73 Å². The number of rotatable bonds is 4. The Bertz CT molecular complexity index is 429. The zero-order valence-corrected chi connectivity index (χ0v) is 11.8. The van der Waals surface area contributed by atoms with Crippen LogP contribution in [0.1, 0.15) is 45.9 Å². The Morgan fingerprint density at radius 2 is 2.28 bits per heavy atom. The van der Waals surface area contributed by atoms with Crippen LogP contribution in [0.25, 0.3) is 0 Å². The molecule has 0 radical (unpaired) electrons. The first-order valence-electron chi connectivity index (χ1n) is 6.95. The van der Waals surface area contributed by atoms with Crippen molar-refractivity contribution in [2.45, 2.75) is 59.0 Å². The molecule has 1 aliphatic rings. The minimum atomic E-state index is 0.207. The van der Waals surface area contributed by atoms with Crippen LogP contribution >= 0.6 is 0 Å². The Kier molecular flexibility index (Phi) is 3.91. The zero-order chi connectivity index (χ0) is 13.2. The molecule has 0 spiro atoms. The maximum Gasteiger partial charge on any atom is 0.112 e. The number of aryl methyl sites for hydroxylation is 1. The predicted octanol–water partition coefficient (Wildman–Crippen LogP) is 2.91. The molecule has 2 rings (SSSR count). The molecule has 1 aromatic heterocycles. The smallest absolute Gasteiger partial charge is 0.112 e. The first kappa shape index (κ1) is 13.3. The van der Waals surface area contributed by atoms with Crippen LogP contribution in [-0.2, 0) is 13.0 Å². The Balaban J connectivity index is 2.11. The summed E-state index contributed by atoms with van der Waals surface area (Å²) in [6.45, 7) is 7.86. The second-order valence-electron chi connectivity index (χ2n) is 6.25. The molecule has 0 saturated heterocycles. The molecule has 1 aromatic rings. The Hall–Kier alpha value is -1.09. The molecule has 0 aromatic carbocycles. The molecule has 1 unspecified atom stereocenters. The fraction of sp³-hybridized carbons (Fsp3) is 0.667. The van der Waals surface area contributed by atoms with Gasteiger partial charge < -0.3 is 10.3 Å². The number of nitrogens with two attached hydrogens (primary N) is 1. The lowest BCUT2D eigenvalue weighted by atomic mass is 9.75. The Morgan fingerprint density at radius 1 is 1.50 bits per heavy atom. The van der Waals surface area contributed by atoms with E-state index in [0.717, 1.165) is 32.2 Å². The van der Waals surface area contributed by atoms with Gasteiger partial charge in [0.25, 0.3) is 0 Å². The van der Waals surface area contributed by atoms with Crippen molar-refractivity contribution in [3.63, 3.8) is 0 Å². The largest absolute Gasteiger partial charge is 0.335 e. The predicted molar refractivity (Wildman–Crippen MR) is 75.3 cm³/mol. The van der Waals surface area contributed by atoms with Gasteiger partial charge in [0.2, 0.25) is 0 Å². The van der Waals surface area contributed by atoms with Crippen molar-refractivity contribution in [3.8, 4) is 0 Å². The fourth-order valence-electron chi connectivity index (χ4n) is 3.02. The molecule has 0 saturated carbocycles. The summed E-state index contributed by atoms with van der Waals surface area (Å²) in [6.07, 6.45) is 10.5. The van der Waals surface area contributed by atoms with Crippen molar-refractivity contribution < 1.29 is 0 Å². The lowest BCUT2D eigenvalue weighted by Crippen LogP contribution is -2.31. The highest BCUT2D eigenvalue weighted by Gasteiger charge is 2.27. The van der Waals surface area contributed by atoms with E-state index in [9.17, 15) is 0 Å². The van der Waals surface area contributed by atoms with Crippen LogP contribution in [0, 0.1) is 5.41 Å². The van der Waals surface area contributed by atoms with Gasteiger partial charge >= 0.3 is 0 Å². The summed E-state index contributed by atoms with van der Waals surface area (Å²) in [5, 5.41) is 0. The Labute approximate surface area is 110 Å². The van der Waals surface area contributed by atoms with E-state index in [1.54, 1.807) is 0 Å². The van der Waals surface area contributed by atoms with Gasteiger partial charge in [-0.2, -0.15) is 0 Å². The van der Waals surface area contributed by atoms with E-state index in [2.05, 4.69) is 42.6 Å². The van der Waals surface area contributed by atoms with E-state index in [1.807, 2.05) is 6.20 Å². The third kappa shape index (κ3) is 3.22. The zero-order valence-electron chi connectivity index (χ0n) is 11.8. The molecule has 100 valence electrons. The van der Waals surface area contributed by atoms with E-state index >= 15 is 0 Å². The summed E-state index contributed by atoms with van der Waals surface area (Å²) >= 11 is 0. The van der Waals surface area contributed by atoms with Gasteiger partial charge in [0, 0.05) is 31.4 Å². The van der Waals surface area contributed by atoms with Gasteiger partial charge in [0.05, 0.1) is 0 Å². The molecular formula is C15H25N3. The lowest BCUT2D eigenvalue weighted by Gasteiger charge is -2.33. The number of imidazole rings is 1. The third-order valence-electron chi connectivity index (χ3n) is 3.60. The van der Waals surface area contributed by atoms with Gasteiger partial charge in [-0.3, -0.25) is 0 Å². The van der Waals surface area contributed by atoms with Crippen molar-refractivity contribution >= 4 is 0 Å². The summed E-state index contributed by atoms with van der Waals surface area (Å²) < 4.78 is 2.26. The van der Waals surface area contributed by atoms with E-state index in [1.165, 1.54) is 11.4 Å². The second-order valence-corrected chi connectivity index (χ2v) is 6.25. The van der Waals surface area contributed by atoms with Gasteiger partial charge in [-0.15, -0.1) is 0 Å². The van der Waals surface area contributed by atoms with Crippen LogP contribution in [0.5, 0.6) is 0 Å². The maximum absolute atomic E-state index is 6.12. The number of hydrogen-bond acceptors (Lipinski definition) is 2. The van der Waals surface area contributed by atoms with Crippen LogP contribution in [-0.4, -0.2) is 15.6 Å². The van der Waals surface area contributed by atoms with Crippen LogP contribution in [0.15, 0.2) is 24.0 Å². The van der Waals surface area contributed by atoms with E-state index in [4.69, 9.17) is 5.73 Å². The monoisotopic (exact) mass is 247 g/mol. The highest BCUT2D eigenvalue weighted by molar-refractivity contribution is 5.18. The first-order chi connectivity index (χ1) is 8.50. The average Bonchev–Trinajstić information content (AvgIpc) is 2.63. The minimum absolute atomic E-state index is 0.207. The SMILES string of the molecule is CCCn1ccnc1CC1=CC(N)CC(C)(C)C1. The van der Waals surface area contributed by atoms with E-state index < -0.39 is 0 Å². The van der Waals surface area contributed by atoms with Crippen LogP contribution in [0.2, 0.25) is 0 Å². The van der Waals surface area contributed by atoms with Crippen molar-refractivity contribution in [3.05, 3.63) is 29.9 Å². The second kappa shape index (κ2) is 5.27. The average molecular weight is 247 g/mol. The molecule has 0 bridgehead atoms. The summed E-state index contributed by atoms with van der Waals surface area (Å²) in [5.74, 6) is 1.17. The minimum Gasteiger partial charge on any atom is -0.335 e. The molecule has 3 nitrogen and oxygen atoms in total. The highest BCUT2D eigenvalue weighted by Crippen LogP contribution is 2.35. The van der Waals surface area contributed by atoms with Gasteiger partial charge in [0.15, 0.2) is 0 Å². The third-order valence-corrected chi connectivity index (χ3v) is 3.60. The summed E-state index contributed by atoms with van der Waals surface area (Å²) in [5.41, 5.74) is 7.89. The van der Waals surface area contributed by atoms with Crippen LogP contribution in [0.4, 0.5) is 0 Å². The maximum atomic E-state index is 6.12. The molecule has 1 aliphatic carbocycles. The fourth-order valence-corrected chi connectivity index (χ4v) is 3.02. The van der Waals surface area contributed by atoms with Crippen molar-refractivity contribution in [1.29, 1.82) is 0 Å². The first-order valence-corrected chi connectivity index (χ1v) is 6.95. The summed E-state index contributed by atoms with van der Waals surface area (Å²) in [7, 11) is 0. The van der Waals surface area contributed by atoms with Crippen LogP contribution in [0.3, 0.4) is 0 Å². The lowest BCUT2D eigenvalue weighted by molar-refractivity contribution is 0.299. The van der Waals surface area contributed by atoms with Gasteiger partial charge in [-0.1, -0.05) is 32.4 Å². The van der Waals surface area contributed by atoms with E-state index in [0.29, 0.717) is 5.41 Å². The summed E-state index contributed by atoms with van der Waals surface area (Å²) in [6, 6.07) is 0.207. The van der Waals surface area contributed by atoms with Gasteiger partial charge in [-0.05, 0) is 24.7 Å². The number of nitrogens with zero attached hydrogens (tertiary/aromatic N) is 2. The Morgan fingerprint density at radius 3 is 2.94 bits per heavy atom. The van der Waals surface area contributed by atoms with Crippen molar-refractivity contribution in [2.75, 3.05) is 0 Å². The molecule has 3 heteroatoms. The number of allylic oxidation sites excluding steroid dienone is 1. The normalized spacial score (nSPS) is 22.9. The molecular weight excluding hydrogens is 222 g/mol. The van der Waals surface area contributed by atoms with Gasteiger partial charge in [-0.25, -0.2) is 4.98 Å². The molecule has 0 aliphatic heterocycles. The summed E-state index contributed by atoms with van der Waals surface area (Å²) in [4.78, 5) is 4.48. The molecule has 1 atom stereocenters. The van der Waals surface area contributed by atoms with Crippen molar-refractivity contribution in [1.82, 2.24) is 9.55 Å². The van der Waals surface area contributed by atoms with Crippen molar-refractivity contribution in [2.24, 2.45) is 11.1 Å². The standard InChI is InChI=1S/C15H25N3/c1-4-6-18-7-5-17-14(18)9-12-8-13(16)11-15(2,3)10-12/h5,7-8,13H,4,6,9-11,16H2,1-3H3. The molecule has 2 N–H and O–H groups in total. The molecule has 0 amide bonds. The molecule has 18 heavy (non-hydrogen) atoms. The van der Waals surface area contributed by atoms with E-state index in [-0.39, 0.29) is 6.04 Å². The topological polar surface area (TPSA) is 43.8 Å². The highest BCUT2D eigenvalue weighted by atomic mass is 15.1. The molecule has 0 fully saturated rings. The molecule has 1 heterocycles. The number of aromatic nitrogens is 2. The van der Waals surface area contributed by atoms with Gasteiger partial charge in [0.1, 0.15) is 5.82 Å². The quantitative estimate of drug-likeness (QED) is 0.831.